The molecular weight excluding hydrogens is 261 g/mol. The van der Waals surface area contributed by atoms with E-state index in [9.17, 15) is 9.18 Å². The molecule has 1 aromatic carbocycles. The van der Waals surface area contributed by atoms with E-state index in [2.05, 4.69) is 10.3 Å². The summed E-state index contributed by atoms with van der Waals surface area (Å²) in [7, 11) is 0. The fourth-order valence-corrected chi connectivity index (χ4v) is 2.99. The van der Waals surface area contributed by atoms with E-state index in [-0.39, 0.29) is 18.0 Å². The van der Waals surface area contributed by atoms with Crippen LogP contribution in [0.1, 0.15) is 28.8 Å². The van der Waals surface area contributed by atoms with E-state index in [0.717, 1.165) is 25.9 Å². The average Bonchev–Trinajstić information content (AvgIpc) is 2.79. The average molecular weight is 279 g/mol. The Hall–Kier alpha value is -1.50. The standard InChI is InChI=1S/C14H18FN3O2/c15-13-4-1-9(14(19)17-16)5-10(13)6-18-7-11-2-3-12(8-18)20-11/h1,4-5,11-12H,2-3,6-8,16H2,(H,17,19). The van der Waals surface area contributed by atoms with Crippen LogP contribution in [0.4, 0.5) is 4.39 Å². The number of carbonyl (C=O) groups excluding carboxylic acids is 1. The van der Waals surface area contributed by atoms with Crippen molar-refractivity contribution in [2.24, 2.45) is 5.84 Å². The number of amides is 1. The fraction of sp³-hybridized carbons (Fsp3) is 0.500. The van der Waals surface area contributed by atoms with Gasteiger partial charge in [0.25, 0.3) is 5.91 Å². The maximum absolute atomic E-state index is 13.9. The lowest BCUT2D eigenvalue weighted by Crippen LogP contribution is -2.42. The Morgan fingerprint density at radius 3 is 2.75 bits per heavy atom. The number of halogens is 1. The van der Waals surface area contributed by atoms with Crippen LogP contribution >= 0.6 is 0 Å². The molecule has 6 heteroatoms. The van der Waals surface area contributed by atoms with Crippen LogP contribution in [0.3, 0.4) is 0 Å². The number of nitrogens with zero attached hydrogens (tertiary/aromatic N) is 1. The molecule has 2 aliphatic heterocycles. The van der Waals surface area contributed by atoms with Crippen LogP contribution in [-0.2, 0) is 11.3 Å². The highest BCUT2D eigenvalue weighted by molar-refractivity contribution is 5.93. The van der Waals surface area contributed by atoms with Gasteiger partial charge in [0.05, 0.1) is 12.2 Å². The van der Waals surface area contributed by atoms with Gasteiger partial charge in [0.15, 0.2) is 0 Å². The summed E-state index contributed by atoms with van der Waals surface area (Å²) >= 11 is 0. The van der Waals surface area contributed by atoms with E-state index < -0.39 is 5.91 Å². The minimum atomic E-state index is -0.409. The Kier molecular flexibility index (Phi) is 3.69. The molecule has 0 spiro atoms. The molecule has 2 aliphatic rings. The molecule has 1 amide bonds. The number of fused-ring (bicyclic) bond motifs is 2. The Balaban J connectivity index is 1.74. The van der Waals surface area contributed by atoms with Crippen molar-refractivity contribution in [1.29, 1.82) is 0 Å². The van der Waals surface area contributed by atoms with Gasteiger partial charge in [-0.15, -0.1) is 0 Å². The van der Waals surface area contributed by atoms with Gasteiger partial charge in [-0.1, -0.05) is 0 Å². The van der Waals surface area contributed by atoms with Crippen molar-refractivity contribution in [3.8, 4) is 0 Å². The molecule has 108 valence electrons. The zero-order valence-electron chi connectivity index (χ0n) is 11.1. The first-order chi connectivity index (χ1) is 9.65. The van der Waals surface area contributed by atoms with Gasteiger partial charge in [0, 0.05) is 30.8 Å². The number of nitrogens with two attached hydrogens (primary N) is 1. The molecule has 2 fully saturated rings. The molecule has 2 atom stereocenters. The highest BCUT2D eigenvalue weighted by atomic mass is 19.1. The lowest BCUT2D eigenvalue weighted by molar-refractivity contribution is -0.0413. The number of likely N-dealkylation sites (tertiary alicyclic amines) is 1. The number of hydrazine groups is 1. The van der Waals surface area contributed by atoms with E-state index >= 15 is 0 Å². The number of rotatable bonds is 3. The number of ether oxygens (including phenoxy) is 1. The molecule has 0 radical (unpaired) electrons. The van der Waals surface area contributed by atoms with Crippen molar-refractivity contribution in [3.05, 3.63) is 35.1 Å². The van der Waals surface area contributed by atoms with E-state index in [1.165, 1.54) is 12.1 Å². The second-order valence-corrected chi connectivity index (χ2v) is 5.43. The number of benzene rings is 1. The first kappa shape index (κ1) is 13.5. The predicted octanol–water partition coefficient (Wildman–Crippen LogP) is 0.792. The third-order valence-corrected chi connectivity index (χ3v) is 3.95. The van der Waals surface area contributed by atoms with Gasteiger partial charge >= 0.3 is 0 Å². The van der Waals surface area contributed by atoms with Crippen molar-refractivity contribution in [1.82, 2.24) is 10.3 Å². The van der Waals surface area contributed by atoms with Gasteiger partial charge in [-0.3, -0.25) is 15.1 Å². The largest absolute Gasteiger partial charge is 0.372 e. The monoisotopic (exact) mass is 279 g/mol. The highest BCUT2D eigenvalue weighted by Crippen LogP contribution is 2.27. The molecule has 2 saturated heterocycles. The third-order valence-electron chi connectivity index (χ3n) is 3.95. The minimum Gasteiger partial charge on any atom is -0.372 e. The summed E-state index contributed by atoms with van der Waals surface area (Å²) in [6.45, 7) is 2.14. The van der Waals surface area contributed by atoms with Crippen molar-refractivity contribution in [2.75, 3.05) is 13.1 Å². The minimum absolute atomic E-state index is 0.271. The Labute approximate surface area is 116 Å². The van der Waals surface area contributed by atoms with Crippen molar-refractivity contribution >= 4 is 5.91 Å². The van der Waals surface area contributed by atoms with Crippen LogP contribution in [0.5, 0.6) is 0 Å². The molecule has 20 heavy (non-hydrogen) atoms. The first-order valence-corrected chi connectivity index (χ1v) is 6.83. The zero-order chi connectivity index (χ0) is 14.1. The predicted molar refractivity (Wildman–Crippen MR) is 71.2 cm³/mol. The van der Waals surface area contributed by atoms with E-state index in [4.69, 9.17) is 10.6 Å². The summed E-state index contributed by atoms with van der Waals surface area (Å²) in [4.78, 5) is 13.7. The summed E-state index contributed by atoms with van der Waals surface area (Å²) in [6.07, 6.45) is 2.71. The summed E-state index contributed by atoms with van der Waals surface area (Å²) in [5.41, 5.74) is 2.96. The lowest BCUT2D eigenvalue weighted by atomic mass is 10.1. The Morgan fingerprint density at radius 2 is 2.10 bits per heavy atom. The molecule has 0 saturated carbocycles. The van der Waals surface area contributed by atoms with Gasteiger partial charge in [-0.25, -0.2) is 10.2 Å². The van der Waals surface area contributed by atoms with E-state index in [1.807, 2.05) is 0 Å². The zero-order valence-corrected chi connectivity index (χ0v) is 11.1. The lowest BCUT2D eigenvalue weighted by Gasteiger charge is -2.32. The Morgan fingerprint density at radius 1 is 1.40 bits per heavy atom. The van der Waals surface area contributed by atoms with Gasteiger partial charge in [-0.05, 0) is 31.0 Å². The quantitative estimate of drug-likeness (QED) is 0.488. The second kappa shape index (κ2) is 5.47. The number of carbonyl (C=O) groups is 1. The van der Waals surface area contributed by atoms with Crippen molar-refractivity contribution < 1.29 is 13.9 Å². The molecule has 2 bridgehead atoms. The van der Waals surface area contributed by atoms with E-state index in [1.54, 1.807) is 6.07 Å². The summed E-state index contributed by atoms with van der Waals surface area (Å²) < 4.78 is 19.6. The number of hydrogen-bond donors (Lipinski definition) is 2. The topological polar surface area (TPSA) is 67.6 Å². The third kappa shape index (κ3) is 2.67. The molecule has 3 N–H and O–H groups in total. The van der Waals surface area contributed by atoms with Crippen LogP contribution in [0.15, 0.2) is 18.2 Å². The molecule has 0 aliphatic carbocycles. The maximum Gasteiger partial charge on any atom is 0.265 e. The molecule has 1 aromatic rings. The number of nitrogen functional groups attached to an aromatic ring is 1. The molecule has 0 aromatic heterocycles. The summed E-state index contributed by atoms with van der Waals surface area (Å²) in [5, 5.41) is 0. The first-order valence-electron chi connectivity index (χ1n) is 6.83. The molecule has 2 unspecified atom stereocenters. The van der Waals surface area contributed by atoms with Crippen LogP contribution in [-0.4, -0.2) is 36.1 Å². The number of hydrogen-bond acceptors (Lipinski definition) is 4. The van der Waals surface area contributed by atoms with Crippen molar-refractivity contribution in [3.63, 3.8) is 0 Å². The SMILES string of the molecule is NNC(=O)c1ccc(F)c(CN2CC3CCC(C2)O3)c1. The van der Waals surface area contributed by atoms with Gasteiger partial charge in [-0.2, -0.15) is 0 Å². The van der Waals surface area contributed by atoms with Gasteiger partial charge < -0.3 is 4.74 Å². The maximum atomic E-state index is 13.9. The normalized spacial score (nSPS) is 25.7. The van der Waals surface area contributed by atoms with Crippen LogP contribution in [0.2, 0.25) is 0 Å². The second-order valence-electron chi connectivity index (χ2n) is 5.43. The van der Waals surface area contributed by atoms with Gasteiger partial charge in [0.2, 0.25) is 0 Å². The molecule has 3 rings (SSSR count). The Bertz CT molecular complexity index is 511. The van der Waals surface area contributed by atoms with Crippen LogP contribution < -0.4 is 11.3 Å². The number of morpholine rings is 1. The molecule has 5 nitrogen and oxygen atoms in total. The number of nitrogens with one attached hydrogen (secondary N) is 1. The summed E-state index contributed by atoms with van der Waals surface area (Å²) in [5.74, 6) is 4.40. The van der Waals surface area contributed by atoms with Gasteiger partial charge in [0.1, 0.15) is 5.82 Å². The smallest absolute Gasteiger partial charge is 0.265 e. The van der Waals surface area contributed by atoms with E-state index in [0.29, 0.717) is 17.7 Å². The fourth-order valence-electron chi connectivity index (χ4n) is 2.99. The molecule has 2 heterocycles. The van der Waals surface area contributed by atoms with Crippen LogP contribution in [0, 0.1) is 5.82 Å². The highest BCUT2D eigenvalue weighted by Gasteiger charge is 2.33. The van der Waals surface area contributed by atoms with Crippen LogP contribution in [0.25, 0.3) is 0 Å². The van der Waals surface area contributed by atoms with Crippen molar-refractivity contribution in [2.45, 2.75) is 31.6 Å². The molecular formula is C14H18FN3O2. The summed E-state index contributed by atoms with van der Waals surface area (Å²) in [6, 6.07) is 4.31.